The number of aryl methyl sites for hydroxylation is 1. The second-order valence-electron chi connectivity index (χ2n) is 4.96. The highest BCUT2D eigenvalue weighted by atomic mass is 15.2. The molecule has 1 atom stereocenters. The minimum Gasteiger partial charge on any atom is -0.368 e. The quantitative estimate of drug-likeness (QED) is 0.785. The van der Waals surface area contributed by atoms with Crippen molar-refractivity contribution in [3.05, 3.63) is 29.3 Å². The van der Waals surface area contributed by atoms with Gasteiger partial charge in [0, 0.05) is 18.3 Å². The van der Waals surface area contributed by atoms with Crippen LogP contribution in [0.15, 0.2) is 18.2 Å². The van der Waals surface area contributed by atoms with Crippen molar-refractivity contribution in [2.75, 3.05) is 25.0 Å². The summed E-state index contributed by atoms with van der Waals surface area (Å²) < 4.78 is 0. The molecule has 1 aromatic rings. The molecule has 1 N–H and O–H groups in total. The van der Waals surface area contributed by atoms with E-state index in [-0.39, 0.29) is 0 Å². The molecule has 0 saturated carbocycles. The van der Waals surface area contributed by atoms with E-state index in [0.717, 1.165) is 13.1 Å². The Kier molecular flexibility index (Phi) is 4.06. The summed E-state index contributed by atoms with van der Waals surface area (Å²) in [5.74, 6) is 0. The average Bonchev–Trinajstić information content (AvgIpc) is 2.69. The number of nitrogens with one attached hydrogen (secondary N) is 1. The van der Waals surface area contributed by atoms with Gasteiger partial charge in [0.1, 0.15) is 0 Å². The molecule has 0 saturated heterocycles. The molecule has 94 valence electrons. The van der Waals surface area contributed by atoms with Crippen molar-refractivity contribution in [2.45, 2.75) is 39.2 Å². The fraction of sp³-hybridized carbons (Fsp3) is 0.600. The van der Waals surface area contributed by atoms with Crippen molar-refractivity contribution in [3.63, 3.8) is 0 Å². The van der Waals surface area contributed by atoms with E-state index in [1.54, 1.807) is 5.56 Å². The molecule has 1 aliphatic heterocycles. The second kappa shape index (κ2) is 5.54. The van der Waals surface area contributed by atoms with Crippen LogP contribution in [0.5, 0.6) is 0 Å². The molecule has 2 rings (SSSR count). The van der Waals surface area contributed by atoms with Gasteiger partial charge in [-0.1, -0.05) is 12.1 Å². The third-order valence-electron chi connectivity index (χ3n) is 3.88. The normalized spacial score (nSPS) is 18.5. The summed E-state index contributed by atoms with van der Waals surface area (Å²) in [6.45, 7) is 6.76. The fourth-order valence-electron chi connectivity index (χ4n) is 2.96. The van der Waals surface area contributed by atoms with Crippen LogP contribution in [-0.4, -0.2) is 26.2 Å². The zero-order chi connectivity index (χ0) is 12.3. The van der Waals surface area contributed by atoms with Crippen LogP contribution in [0.25, 0.3) is 0 Å². The molecule has 0 bridgehead atoms. The summed E-state index contributed by atoms with van der Waals surface area (Å²) in [7, 11) is 2.03. The molecule has 0 aliphatic carbocycles. The Balaban J connectivity index is 2.11. The first kappa shape index (κ1) is 12.4. The number of benzene rings is 1. The number of nitrogens with zero attached hydrogens (tertiary/aromatic N) is 1. The minimum absolute atomic E-state index is 0.712. The minimum atomic E-state index is 0.712. The average molecular weight is 232 g/mol. The molecule has 1 aliphatic rings. The molecule has 0 fully saturated rings. The highest BCUT2D eigenvalue weighted by Crippen LogP contribution is 2.35. The third kappa shape index (κ3) is 2.47. The zero-order valence-corrected chi connectivity index (χ0v) is 11.3. The van der Waals surface area contributed by atoms with E-state index in [9.17, 15) is 0 Å². The summed E-state index contributed by atoms with van der Waals surface area (Å²) >= 11 is 0. The van der Waals surface area contributed by atoms with Crippen LogP contribution < -0.4 is 10.2 Å². The van der Waals surface area contributed by atoms with Crippen LogP contribution in [0.2, 0.25) is 0 Å². The van der Waals surface area contributed by atoms with Gasteiger partial charge in [0.25, 0.3) is 0 Å². The highest BCUT2D eigenvalue weighted by Gasteiger charge is 2.28. The summed E-state index contributed by atoms with van der Waals surface area (Å²) in [5, 5.41) is 3.24. The molecule has 0 spiro atoms. The van der Waals surface area contributed by atoms with Gasteiger partial charge in [0.05, 0.1) is 0 Å². The number of likely N-dealkylation sites (N-methyl/N-ethyl adjacent to an activating group) is 1. The molecule has 0 amide bonds. The van der Waals surface area contributed by atoms with Crippen LogP contribution >= 0.6 is 0 Å². The van der Waals surface area contributed by atoms with Crippen molar-refractivity contribution in [2.24, 2.45) is 0 Å². The lowest BCUT2D eigenvalue weighted by Crippen LogP contribution is -2.32. The lowest BCUT2D eigenvalue weighted by molar-refractivity contribution is 0.549. The van der Waals surface area contributed by atoms with Gasteiger partial charge in [-0.3, -0.25) is 0 Å². The van der Waals surface area contributed by atoms with Crippen molar-refractivity contribution in [3.8, 4) is 0 Å². The van der Waals surface area contributed by atoms with Crippen LogP contribution in [0, 0.1) is 6.92 Å². The van der Waals surface area contributed by atoms with Crippen molar-refractivity contribution >= 4 is 5.69 Å². The van der Waals surface area contributed by atoms with Crippen LogP contribution in [0.4, 0.5) is 5.69 Å². The maximum atomic E-state index is 3.24. The summed E-state index contributed by atoms with van der Waals surface area (Å²) in [6, 6.07) is 7.42. The van der Waals surface area contributed by atoms with E-state index in [4.69, 9.17) is 0 Å². The molecule has 1 aromatic carbocycles. The van der Waals surface area contributed by atoms with Crippen molar-refractivity contribution < 1.29 is 0 Å². The van der Waals surface area contributed by atoms with Crippen LogP contribution in [0.3, 0.4) is 0 Å². The molecular weight excluding hydrogens is 208 g/mol. The number of hydrogen-bond donors (Lipinski definition) is 1. The molecular formula is C15H24N2. The molecule has 0 radical (unpaired) electrons. The van der Waals surface area contributed by atoms with Crippen molar-refractivity contribution in [1.82, 2.24) is 5.32 Å². The summed E-state index contributed by atoms with van der Waals surface area (Å²) in [5.41, 5.74) is 4.50. The number of anilines is 1. The Hall–Kier alpha value is -1.02. The van der Waals surface area contributed by atoms with E-state index >= 15 is 0 Å². The maximum absolute atomic E-state index is 3.24. The first-order valence-corrected chi connectivity index (χ1v) is 6.77. The van der Waals surface area contributed by atoms with Crippen molar-refractivity contribution in [1.29, 1.82) is 0 Å². The SMILES string of the molecule is CCN1c2cccc(C)c2CC1CCCNC. The second-order valence-corrected chi connectivity index (χ2v) is 4.96. The molecule has 1 heterocycles. The lowest BCUT2D eigenvalue weighted by Gasteiger charge is -2.26. The monoisotopic (exact) mass is 232 g/mol. The standard InChI is InChI=1S/C15H24N2/c1-4-17-13(8-6-10-16-3)11-14-12(2)7-5-9-15(14)17/h5,7,9,13,16H,4,6,8,10-11H2,1-3H3. The Morgan fingerprint density at radius 1 is 1.41 bits per heavy atom. The lowest BCUT2D eigenvalue weighted by atomic mass is 10.0. The Bertz CT molecular complexity index is 373. The molecule has 0 aromatic heterocycles. The van der Waals surface area contributed by atoms with Gasteiger partial charge < -0.3 is 10.2 Å². The number of hydrogen-bond acceptors (Lipinski definition) is 2. The van der Waals surface area contributed by atoms with E-state index in [0.29, 0.717) is 6.04 Å². The van der Waals surface area contributed by atoms with Gasteiger partial charge in [-0.2, -0.15) is 0 Å². The Morgan fingerprint density at radius 3 is 2.94 bits per heavy atom. The Labute approximate surface area is 105 Å². The number of fused-ring (bicyclic) bond motifs is 1. The van der Waals surface area contributed by atoms with Gasteiger partial charge in [-0.05, 0) is 63.9 Å². The zero-order valence-electron chi connectivity index (χ0n) is 11.3. The van der Waals surface area contributed by atoms with Gasteiger partial charge in [-0.25, -0.2) is 0 Å². The molecule has 1 unspecified atom stereocenters. The van der Waals surface area contributed by atoms with E-state index in [1.807, 2.05) is 7.05 Å². The van der Waals surface area contributed by atoms with E-state index in [1.165, 1.54) is 30.5 Å². The van der Waals surface area contributed by atoms with Gasteiger partial charge in [0.2, 0.25) is 0 Å². The van der Waals surface area contributed by atoms with E-state index < -0.39 is 0 Å². The van der Waals surface area contributed by atoms with Gasteiger partial charge in [0.15, 0.2) is 0 Å². The first-order valence-electron chi connectivity index (χ1n) is 6.77. The third-order valence-corrected chi connectivity index (χ3v) is 3.88. The fourth-order valence-corrected chi connectivity index (χ4v) is 2.96. The Morgan fingerprint density at radius 2 is 2.24 bits per heavy atom. The van der Waals surface area contributed by atoms with Crippen LogP contribution in [-0.2, 0) is 6.42 Å². The van der Waals surface area contributed by atoms with Crippen LogP contribution in [0.1, 0.15) is 30.9 Å². The summed E-state index contributed by atoms with van der Waals surface area (Å²) in [4.78, 5) is 2.58. The highest BCUT2D eigenvalue weighted by molar-refractivity contribution is 5.61. The maximum Gasteiger partial charge on any atom is 0.0404 e. The molecule has 17 heavy (non-hydrogen) atoms. The largest absolute Gasteiger partial charge is 0.368 e. The smallest absolute Gasteiger partial charge is 0.0404 e. The topological polar surface area (TPSA) is 15.3 Å². The predicted molar refractivity (Wildman–Crippen MR) is 74.9 cm³/mol. The number of rotatable bonds is 5. The van der Waals surface area contributed by atoms with Gasteiger partial charge in [-0.15, -0.1) is 0 Å². The molecule has 2 nitrogen and oxygen atoms in total. The van der Waals surface area contributed by atoms with E-state index in [2.05, 4.69) is 42.3 Å². The summed E-state index contributed by atoms with van der Waals surface area (Å²) in [6.07, 6.45) is 3.80. The van der Waals surface area contributed by atoms with Gasteiger partial charge >= 0.3 is 0 Å². The first-order chi connectivity index (χ1) is 8.27. The molecule has 2 heteroatoms. The predicted octanol–water partition coefficient (Wildman–Crippen LogP) is 2.75.